The van der Waals surface area contributed by atoms with Crippen LogP contribution in [-0.2, 0) is 4.79 Å². The molecule has 0 N–H and O–H groups in total. The van der Waals surface area contributed by atoms with Crippen LogP contribution in [0.1, 0.15) is 12.5 Å². The van der Waals surface area contributed by atoms with Crippen LogP contribution in [0.25, 0.3) is 0 Å². The third-order valence-electron chi connectivity index (χ3n) is 1.54. The molecule has 13 heavy (non-hydrogen) atoms. The molecule has 0 saturated heterocycles. The summed E-state index contributed by atoms with van der Waals surface area (Å²) in [6.45, 7) is 3.76. The highest BCUT2D eigenvalue weighted by Crippen LogP contribution is 2.11. The van der Waals surface area contributed by atoms with E-state index in [0.717, 1.165) is 5.56 Å². The Bertz CT molecular complexity index is 309. The number of allylic oxidation sites excluding steroid dienone is 1. The molecule has 0 spiro atoms. The first-order valence-electron chi connectivity index (χ1n) is 4.13. The first-order chi connectivity index (χ1) is 6.22. The van der Waals surface area contributed by atoms with Crippen molar-refractivity contribution in [3.05, 3.63) is 42.0 Å². The highest BCUT2D eigenvalue weighted by molar-refractivity contribution is 5.83. The number of esters is 1. The van der Waals surface area contributed by atoms with Crippen molar-refractivity contribution >= 4 is 5.97 Å². The summed E-state index contributed by atoms with van der Waals surface area (Å²) in [5, 5.41) is 0. The molecule has 0 radical (unpaired) electrons. The number of hydrogen-bond donors (Lipinski definition) is 0. The lowest BCUT2D eigenvalue weighted by molar-refractivity contribution is -0.129. The lowest BCUT2D eigenvalue weighted by atomic mass is 10.2. The molecule has 0 aliphatic heterocycles. The topological polar surface area (TPSA) is 26.3 Å². The minimum absolute atomic E-state index is 0.341. The Labute approximate surface area is 77.8 Å². The van der Waals surface area contributed by atoms with Crippen molar-refractivity contribution in [2.24, 2.45) is 0 Å². The number of rotatable bonds is 2. The van der Waals surface area contributed by atoms with Crippen molar-refractivity contribution in [1.82, 2.24) is 0 Å². The second kappa shape index (κ2) is 4.45. The lowest BCUT2D eigenvalue weighted by Crippen LogP contribution is -2.03. The molecule has 2 nitrogen and oxygen atoms in total. The fraction of sp³-hybridized carbons (Fsp3) is 0.182. The summed E-state index contributed by atoms with van der Waals surface area (Å²) >= 11 is 0. The number of aryl methyl sites for hydroxylation is 1. The Hall–Kier alpha value is -1.57. The molecule has 0 saturated carbocycles. The van der Waals surface area contributed by atoms with E-state index in [1.165, 1.54) is 6.08 Å². The number of carbonyl (C=O) groups excluding carboxylic acids is 1. The van der Waals surface area contributed by atoms with Crippen LogP contribution in [0.15, 0.2) is 36.4 Å². The largest absolute Gasteiger partial charge is 0.423 e. The summed E-state index contributed by atoms with van der Waals surface area (Å²) in [6, 6.07) is 7.35. The summed E-state index contributed by atoms with van der Waals surface area (Å²) in [7, 11) is 0. The Morgan fingerprint density at radius 1 is 1.31 bits per heavy atom. The smallest absolute Gasteiger partial charge is 0.335 e. The monoisotopic (exact) mass is 176 g/mol. The predicted octanol–water partition coefficient (Wildman–Crippen LogP) is 2.48. The molecule has 0 aliphatic rings. The summed E-state index contributed by atoms with van der Waals surface area (Å²) in [4.78, 5) is 11.0. The number of hydrogen-bond acceptors (Lipinski definition) is 2. The van der Waals surface area contributed by atoms with Crippen molar-refractivity contribution in [3.63, 3.8) is 0 Å². The van der Waals surface area contributed by atoms with Gasteiger partial charge < -0.3 is 4.74 Å². The minimum atomic E-state index is -0.341. The van der Waals surface area contributed by atoms with Crippen LogP contribution in [0, 0.1) is 6.92 Å². The Morgan fingerprint density at radius 2 is 1.92 bits per heavy atom. The van der Waals surface area contributed by atoms with Crippen molar-refractivity contribution < 1.29 is 9.53 Å². The van der Waals surface area contributed by atoms with Crippen LogP contribution < -0.4 is 4.74 Å². The predicted molar refractivity (Wildman–Crippen MR) is 51.6 cm³/mol. The minimum Gasteiger partial charge on any atom is -0.423 e. The van der Waals surface area contributed by atoms with E-state index in [-0.39, 0.29) is 5.97 Å². The van der Waals surface area contributed by atoms with Gasteiger partial charge >= 0.3 is 5.97 Å². The van der Waals surface area contributed by atoms with Gasteiger partial charge in [0.2, 0.25) is 0 Å². The molecule has 2 heteroatoms. The van der Waals surface area contributed by atoms with E-state index in [2.05, 4.69) is 0 Å². The van der Waals surface area contributed by atoms with Crippen molar-refractivity contribution in [2.75, 3.05) is 0 Å². The van der Waals surface area contributed by atoms with Crippen LogP contribution in [0.2, 0.25) is 0 Å². The van der Waals surface area contributed by atoms with Gasteiger partial charge in [-0.3, -0.25) is 0 Å². The van der Waals surface area contributed by atoms with Gasteiger partial charge in [-0.05, 0) is 26.0 Å². The number of ether oxygens (including phenoxy) is 1. The van der Waals surface area contributed by atoms with Gasteiger partial charge in [0.15, 0.2) is 0 Å². The molecule has 0 unspecified atom stereocenters. The van der Waals surface area contributed by atoms with Gasteiger partial charge in [-0.2, -0.15) is 0 Å². The van der Waals surface area contributed by atoms with Gasteiger partial charge in [0.25, 0.3) is 0 Å². The highest BCUT2D eigenvalue weighted by Gasteiger charge is 1.97. The number of benzene rings is 1. The van der Waals surface area contributed by atoms with Crippen LogP contribution in [0.5, 0.6) is 5.75 Å². The normalized spacial score (nSPS) is 10.3. The zero-order valence-corrected chi connectivity index (χ0v) is 7.78. The Morgan fingerprint density at radius 3 is 2.46 bits per heavy atom. The van der Waals surface area contributed by atoms with Gasteiger partial charge in [0.1, 0.15) is 5.75 Å². The fourth-order valence-corrected chi connectivity index (χ4v) is 0.893. The third kappa shape index (κ3) is 3.11. The van der Waals surface area contributed by atoms with E-state index >= 15 is 0 Å². The molecule has 0 heterocycles. The summed E-state index contributed by atoms with van der Waals surface area (Å²) in [6.07, 6.45) is 3.04. The highest BCUT2D eigenvalue weighted by atomic mass is 16.5. The standard InChI is InChI=1S/C11H12O2/c1-3-4-11(12)13-10-7-5-9(2)6-8-10/h3-8H,1-2H3/b4-3-. The molecule has 1 rings (SSSR count). The maximum atomic E-state index is 11.0. The summed E-state index contributed by atoms with van der Waals surface area (Å²) in [5.74, 6) is 0.236. The molecule has 0 bridgehead atoms. The van der Waals surface area contributed by atoms with Crippen molar-refractivity contribution in [1.29, 1.82) is 0 Å². The van der Waals surface area contributed by atoms with E-state index in [9.17, 15) is 4.79 Å². The quantitative estimate of drug-likeness (QED) is 0.393. The van der Waals surface area contributed by atoms with Gasteiger partial charge in [0, 0.05) is 6.08 Å². The van der Waals surface area contributed by atoms with E-state index in [1.807, 2.05) is 19.1 Å². The van der Waals surface area contributed by atoms with Crippen molar-refractivity contribution in [2.45, 2.75) is 13.8 Å². The first-order valence-corrected chi connectivity index (χ1v) is 4.13. The SMILES string of the molecule is C/C=C\C(=O)Oc1ccc(C)cc1. The maximum Gasteiger partial charge on any atom is 0.335 e. The lowest BCUT2D eigenvalue weighted by Gasteiger charge is -2.00. The van der Waals surface area contributed by atoms with Crippen LogP contribution in [0.3, 0.4) is 0 Å². The average Bonchev–Trinajstić information content (AvgIpc) is 2.09. The van der Waals surface area contributed by atoms with Gasteiger partial charge in [-0.25, -0.2) is 4.79 Å². The zero-order chi connectivity index (χ0) is 9.68. The third-order valence-corrected chi connectivity index (χ3v) is 1.54. The average molecular weight is 176 g/mol. The second-order valence-corrected chi connectivity index (χ2v) is 2.73. The van der Waals surface area contributed by atoms with Crippen LogP contribution in [0.4, 0.5) is 0 Å². The molecular formula is C11H12O2. The molecule has 1 aromatic carbocycles. The maximum absolute atomic E-state index is 11.0. The van der Waals surface area contributed by atoms with Crippen molar-refractivity contribution in [3.8, 4) is 5.75 Å². The van der Waals surface area contributed by atoms with Crippen LogP contribution in [-0.4, -0.2) is 5.97 Å². The molecule has 0 aliphatic carbocycles. The summed E-state index contributed by atoms with van der Waals surface area (Å²) in [5.41, 5.74) is 1.14. The molecule has 1 aromatic rings. The number of carbonyl (C=O) groups is 1. The molecule has 0 aromatic heterocycles. The molecule has 0 atom stereocenters. The summed E-state index contributed by atoms with van der Waals surface area (Å²) < 4.78 is 4.98. The van der Waals surface area contributed by atoms with Gasteiger partial charge in [-0.1, -0.05) is 23.8 Å². The van der Waals surface area contributed by atoms with E-state index < -0.39 is 0 Å². The first kappa shape index (κ1) is 9.52. The van der Waals surface area contributed by atoms with E-state index in [1.54, 1.807) is 25.1 Å². The Balaban J connectivity index is 2.64. The van der Waals surface area contributed by atoms with Gasteiger partial charge in [-0.15, -0.1) is 0 Å². The van der Waals surface area contributed by atoms with E-state index in [0.29, 0.717) is 5.75 Å². The Kier molecular flexibility index (Phi) is 3.26. The van der Waals surface area contributed by atoms with E-state index in [4.69, 9.17) is 4.74 Å². The second-order valence-electron chi connectivity index (χ2n) is 2.73. The van der Waals surface area contributed by atoms with Gasteiger partial charge in [0.05, 0.1) is 0 Å². The fourth-order valence-electron chi connectivity index (χ4n) is 0.893. The molecule has 0 fully saturated rings. The van der Waals surface area contributed by atoms with Crippen LogP contribution >= 0.6 is 0 Å². The molecular weight excluding hydrogens is 164 g/mol. The zero-order valence-electron chi connectivity index (χ0n) is 7.78. The molecule has 68 valence electrons. The molecule has 0 amide bonds.